The van der Waals surface area contributed by atoms with Gasteiger partial charge in [-0.1, -0.05) is 47.5 Å². The van der Waals surface area contributed by atoms with Crippen molar-refractivity contribution >= 4 is 46.0 Å². The number of fused-ring (bicyclic) bond motifs is 1. The number of halogens is 5. The molecule has 5 aromatic rings. The van der Waals surface area contributed by atoms with E-state index in [0.29, 0.717) is 5.56 Å². The molecule has 0 bridgehead atoms. The normalized spacial score (nSPS) is 11.7. The fraction of sp³-hybridized carbons (Fsp3) is 0.0370. The quantitative estimate of drug-likeness (QED) is 0.114. The van der Waals surface area contributed by atoms with Crippen LogP contribution in [0.2, 0.25) is 10.0 Å². The number of aromatic nitrogens is 3. The molecule has 2 aromatic heterocycles. The van der Waals surface area contributed by atoms with Gasteiger partial charge in [0.15, 0.2) is 11.6 Å². The lowest BCUT2D eigenvalue weighted by atomic mass is 10.1. The molecule has 41 heavy (non-hydrogen) atoms. The van der Waals surface area contributed by atoms with Crippen molar-refractivity contribution in [2.75, 3.05) is 0 Å². The maximum Gasteiger partial charge on any atom is 0.416 e. The molecule has 0 saturated carbocycles. The van der Waals surface area contributed by atoms with Crippen molar-refractivity contribution in [2.24, 2.45) is 5.10 Å². The van der Waals surface area contributed by atoms with Gasteiger partial charge in [0.2, 0.25) is 5.88 Å². The lowest BCUT2D eigenvalue weighted by Gasteiger charge is -2.12. The standard InChI is InChI=1S/C27H14Cl2F3N5O4/c28-20-10-15(11-21(29)24(20)41-23-9-8-18(14-33-23)37(39)40)13-34-36-25(16-4-3-5-17(12-16)27(30,31)32)35-22-7-2-1-6-19(22)26(36)38/h1-14H. The maximum absolute atomic E-state index is 13.4. The zero-order chi connectivity index (χ0) is 29.3. The van der Waals surface area contributed by atoms with Crippen molar-refractivity contribution in [1.29, 1.82) is 0 Å². The van der Waals surface area contributed by atoms with E-state index in [4.69, 9.17) is 27.9 Å². The van der Waals surface area contributed by atoms with Crippen LogP contribution in [-0.2, 0) is 6.18 Å². The molecule has 0 aliphatic heterocycles. The van der Waals surface area contributed by atoms with E-state index < -0.39 is 22.2 Å². The first-order valence-corrected chi connectivity index (χ1v) is 12.3. The Kier molecular flexibility index (Phi) is 7.43. The summed E-state index contributed by atoms with van der Waals surface area (Å²) in [4.78, 5) is 31.8. The monoisotopic (exact) mass is 599 g/mol. The molecule has 5 rings (SSSR count). The Balaban J connectivity index is 1.54. The van der Waals surface area contributed by atoms with Crippen molar-refractivity contribution in [1.82, 2.24) is 14.6 Å². The van der Waals surface area contributed by atoms with Crippen LogP contribution in [0.15, 0.2) is 88.9 Å². The van der Waals surface area contributed by atoms with Gasteiger partial charge in [0.05, 0.1) is 37.6 Å². The first-order chi connectivity index (χ1) is 19.5. The van der Waals surface area contributed by atoms with E-state index in [2.05, 4.69) is 15.1 Å². The summed E-state index contributed by atoms with van der Waals surface area (Å²) in [6.45, 7) is 0. The van der Waals surface area contributed by atoms with E-state index in [9.17, 15) is 28.1 Å². The highest BCUT2D eigenvalue weighted by atomic mass is 35.5. The Bertz CT molecular complexity index is 1870. The predicted molar refractivity (Wildman–Crippen MR) is 147 cm³/mol. The van der Waals surface area contributed by atoms with E-state index in [1.807, 2.05) is 0 Å². The lowest BCUT2D eigenvalue weighted by Crippen LogP contribution is -2.20. The summed E-state index contributed by atoms with van der Waals surface area (Å²) < 4.78 is 46.7. The molecule has 0 N–H and O–H groups in total. The molecule has 206 valence electrons. The molecule has 0 spiro atoms. The molecule has 3 aromatic carbocycles. The molecule has 0 aliphatic carbocycles. The fourth-order valence-corrected chi connectivity index (χ4v) is 4.35. The molecule has 9 nitrogen and oxygen atoms in total. The van der Waals surface area contributed by atoms with Gasteiger partial charge in [-0.15, -0.1) is 0 Å². The van der Waals surface area contributed by atoms with Crippen molar-refractivity contribution in [2.45, 2.75) is 6.18 Å². The Morgan fingerprint density at radius 3 is 2.39 bits per heavy atom. The topological polar surface area (TPSA) is 113 Å². The highest BCUT2D eigenvalue weighted by Gasteiger charge is 2.31. The first kappa shape index (κ1) is 27.7. The van der Waals surface area contributed by atoms with E-state index >= 15 is 0 Å². The van der Waals surface area contributed by atoms with Crippen LogP contribution >= 0.6 is 23.2 Å². The number of para-hydroxylation sites is 1. The number of nitrogens with zero attached hydrogens (tertiary/aromatic N) is 5. The van der Waals surface area contributed by atoms with E-state index in [-0.39, 0.29) is 49.7 Å². The molecule has 0 saturated heterocycles. The van der Waals surface area contributed by atoms with Gasteiger partial charge in [-0.2, -0.15) is 22.9 Å². The van der Waals surface area contributed by atoms with Gasteiger partial charge >= 0.3 is 6.18 Å². The fourth-order valence-electron chi connectivity index (χ4n) is 3.77. The molecule has 2 heterocycles. The van der Waals surface area contributed by atoms with Gasteiger partial charge in [-0.25, -0.2) is 9.97 Å². The van der Waals surface area contributed by atoms with Gasteiger partial charge in [0, 0.05) is 17.7 Å². The van der Waals surface area contributed by atoms with Gasteiger partial charge < -0.3 is 4.74 Å². The number of rotatable bonds is 6. The maximum atomic E-state index is 13.4. The zero-order valence-corrected chi connectivity index (χ0v) is 21.9. The predicted octanol–water partition coefficient (Wildman–Crippen LogP) is 7.37. The summed E-state index contributed by atoms with van der Waals surface area (Å²) in [5.41, 5.74) is -1.13. The highest BCUT2D eigenvalue weighted by molar-refractivity contribution is 6.37. The Labute approximate surface area is 238 Å². The van der Waals surface area contributed by atoms with E-state index in [0.717, 1.165) is 23.0 Å². The van der Waals surface area contributed by atoms with E-state index in [1.165, 1.54) is 48.7 Å². The Hall–Kier alpha value is -4.81. The lowest BCUT2D eigenvalue weighted by molar-refractivity contribution is -0.385. The van der Waals surface area contributed by atoms with Gasteiger partial charge in [-0.3, -0.25) is 14.9 Å². The third-order valence-electron chi connectivity index (χ3n) is 5.68. The number of ether oxygens (including phenoxy) is 1. The Morgan fingerprint density at radius 1 is 1.00 bits per heavy atom. The van der Waals surface area contributed by atoms with E-state index in [1.54, 1.807) is 18.2 Å². The highest BCUT2D eigenvalue weighted by Crippen LogP contribution is 2.37. The Morgan fingerprint density at radius 2 is 1.73 bits per heavy atom. The minimum Gasteiger partial charge on any atom is -0.436 e. The van der Waals surface area contributed by atoms with Crippen LogP contribution in [-0.4, -0.2) is 25.8 Å². The van der Waals surface area contributed by atoms with Crippen LogP contribution < -0.4 is 10.3 Å². The summed E-state index contributed by atoms with van der Waals surface area (Å²) in [6, 6.07) is 16.1. The molecular weight excluding hydrogens is 586 g/mol. The molecule has 0 amide bonds. The molecule has 0 aliphatic rings. The van der Waals surface area contributed by atoms with Crippen LogP contribution in [0.1, 0.15) is 11.1 Å². The van der Waals surface area contributed by atoms with Gasteiger partial charge in [0.25, 0.3) is 11.2 Å². The SMILES string of the molecule is O=c1c2ccccc2nc(-c2cccc(C(F)(F)F)c2)n1N=Cc1cc(Cl)c(Oc2ccc([N+](=O)[O-])cn2)c(Cl)c1. The van der Waals surface area contributed by atoms with Crippen LogP contribution in [0.3, 0.4) is 0 Å². The number of alkyl halides is 3. The summed E-state index contributed by atoms with van der Waals surface area (Å²) in [6.07, 6.45) is -2.36. The number of pyridine rings is 1. The molecule has 0 unspecified atom stereocenters. The van der Waals surface area contributed by atoms with Gasteiger partial charge in [-0.05, 0) is 42.0 Å². The second-order valence-corrected chi connectivity index (χ2v) is 9.23. The average molecular weight is 600 g/mol. The van der Waals surface area contributed by atoms with Crippen molar-refractivity contribution in [3.63, 3.8) is 0 Å². The second kappa shape index (κ2) is 11.0. The molecule has 0 radical (unpaired) electrons. The summed E-state index contributed by atoms with van der Waals surface area (Å²) in [5, 5.41) is 15.3. The van der Waals surface area contributed by atoms with Crippen molar-refractivity contribution < 1.29 is 22.8 Å². The number of hydrogen-bond acceptors (Lipinski definition) is 7. The molecule has 14 heteroatoms. The summed E-state index contributed by atoms with van der Waals surface area (Å²) in [7, 11) is 0. The molecule has 0 atom stereocenters. The summed E-state index contributed by atoms with van der Waals surface area (Å²) in [5.74, 6) is -0.0983. The van der Waals surface area contributed by atoms with Crippen molar-refractivity contribution in [3.05, 3.63) is 121 Å². The number of nitro groups is 1. The third kappa shape index (κ3) is 5.88. The van der Waals surface area contributed by atoms with Crippen molar-refractivity contribution in [3.8, 4) is 23.0 Å². The minimum absolute atomic E-state index is 0.000311. The van der Waals surface area contributed by atoms with Crippen LogP contribution in [0, 0.1) is 10.1 Å². The van der Waals surface area contributed by atoms with Gasteiger partial charge in [0.1, 0.15) is 6.20 Å². The first-order valence-electron chi connectivity index (χ1n) is 11.5. The molecule has 0 fully saturated rings. The zero-order valence-electron chi connectivity index (χ0n) is 20.3. The second-order valence-electron chi connectivity index (χ2n) is 8.42. The van der Waals surface area contributed by atoms with Crippen LogP contribution in [0.25, 0.3) is 22.3 Å². The minimum atomic E-state index is -4.61. The van der Waals surface area contributed by atoms with Crippen LogP contribution in [0.4, 0.5) is 18.9 Å². The summed E-state index contributed by atoms with van der Waals surface area (Å²) >= 11 is 12.7. The third-order valence-corrected chi connectivity index (χ3v) is 6.24. The van der Waals surface area contributed by atoms with Crippen LogP contribution in [0.5, 0.6) is 11.6 Å². The largest absolute Gasteiger partial charge is 0.436 e. The number of hydrogen-bond donors (Lipinski definition) is 0. The number of benzene rings is 3. The molecular formula is C27H14Cl2F3N5O4. The average Bonchev–Trinajstić information content (AvgIpc) is 2.94. The smallest absolute Gasteiger partial charge is 0.416 e.